The molecule has 0 spiro atoms. The van der Waals surface area contributed by atoms with Crippen molar-refractivity contribution in [3.8, 4) is 11.3 Å². The quantitative estimate of drug-likeness (QED) is 0.305. The molecule has 3 heterocycles. The molecule has 39 heavy (non-hydrogen) atoms. The van der Waals surface area contributed by atoms with Crippen molar-refractivity contribution in [2.24, 2.45) is 0 Å². The Morgan fingerprint density at radius 2 is 2.00 bits per heavy atom. The Hall–Kier alpha value is -4.42. The molecule has 202 valence electrons. The van der Waals surface area contributed by atoms with Crippen molar-refractivity contribution in [1.29, 1.82) is 0 Å². The van der Waals surface area contributed by atoms with Crippen LogP contribution in [0.2, 0.25) is 0 Å². The highest BCUT2D eigenvalue weighted by Crippen LogP contribution is 2.32. The molecule has 1 aliphatic heterocycles. The maximum absolute atomic E-state index is 15.1. The number of carbonyl (C=O) groups is 1. The van der Waals surface area contributed by atoms with E-state index >= 15 is 8.78 Å². The van der Waals surface area contributed by atoms with Crippen LogP contribution in [-0.2, 0) is 9.53 Å². The number of hydrogen-bond donors (Lipinski definition) is 2. The number of aromatic nitrogens is 3. The number of ether oxygens (including phenoxy) is 1. The van der Waals surface area contributed by atoms with Crippen molar-refractivity contribution in [3.05, 3.63) is 66.9 Å². The third kappa shape index (κ3) is 5.71. The normalized spacial score (nSPS) is 14.0. The summed E-state index contributed by atoms with van der Waals surface area (Å²) >= 11 is 0. The van der Waals surface area contributed by atoms with Crippen LogP contribution in [0.15, 0.2) is 59.8 Å². The molecule has 0 unspecified atom stereocenters. The Morgan fingerprint density at radius 3 is 2.77 bits per heavy atom. The summed E-state index contributed by atoms with van der Waals surface area (Å²) in [5.41, 5.74) is 1.99. The third-order valence-corrected chi connectivity index (χ3v) is 6.43. The van der Waals surface area contributed by atoms with Crippen LogP contribution in [0.25, 0.3) is 22.4 Å². The molecule has 0 bridgehead atoms. The fraction of sp³-hybridized carbons (Fsp3) is 0.259. The number of nitrogens with one attached hydrogen (secondary N) is 2. The van der Waals surface area contributed by atoms with Gasteiger partial charge in [-0.25, -0.2) is 18.7 Å². The number of benzene rings is 2. The molecule has 4 aromatic rings. The molecule has 0 saturated carbocycles. The van der Waals surface area contributed by atoms with Crippen LogP contribution < -0.4 is 15.5 Å². The average Bonchev–Trinajstić information content (AvgIpc) is 3.38. The Balaban J connectivity index is 1.35. The molecule has 2 N–H and O–H groups in total. The number of carbonyl (C=O) groups excluding carboxylic acids is 1. The standard InChI is InChI=1S/C27H27F2N7O3/c1-3-22(37)31-18-6-4-5-17(15-18)26-25-20(34-39-26)16-30-27(33-25)32-19-7-8-21(24(29)23(19)28)36-11-9-35(10-12-36)13-14-38-2/h3-8,15-16H,1,9-14H2,2H3,(H,31,37)(H,32,33). The number of methoxy groups -OCH3 is 1. The predicted molar refractivity (Wildman–Crippen MR) is 144 cm³/mol. The van der Waals surface area contributed by atoms with Crippen LogP contribution >= 0.6 is 0 Å². The van der Waals surface area contributed by atoms with Gasteiger partial charge in [-0.2, -0.15) is 0 Å². The van der Waals surface area contributed by atoms with Gasteiger partial charge >= 0.3 is 0 Å². The first-order valence-corrected chi connectivity index (χ1v) is 12.3. The molecule has 0 atom stereocenters. The SMILES string of the molecule is C=CC(=O)Nc1cccc(-c2onc3cnc(Nc4ccc(N5CCN(CCOC)CC5)c(F)c4F)nc23)c1. The molecule has 5 rings (SSSR count). The minimum Gasteiger partial charge on any atom is -0.383 e. The molecule has 0 aliphatic carbocycles. The van der Waals surface area contributed by atoms with Crippen molar-refractivity contribution >= 4 is 40.0 Å². The maximum Gasteiger partial charge on any atom is 0.247 e. The van der Waals surface area contributed by atoms with Crippen molar-refractivity contribution < 1.29 is 22.8 Å². The summed E-state index contributed by atoms with van der Waals surface area (Å²) < 4.78 is 40.8. The van der Waals surface area contributed by atoms with E-state index in [9.17, 15) is 4.79 Å². The van der Waals surface area contributed by atoms with Crippen molar-refractivity contribution in [2.45, 2.75) is 0 Å². The first kappa shape index (κ1) is 26.2. The predicted octanol–water partition coefficient (Wildman–Crippen LogP) is 4.20. The molecule has 12 heteroatoms. The number of fused-ring (bicyclic) bond motifs is 1. The first-order chi connectivity index (χ1) is 19.0. The van der Waals surface area contributed by atoms with E-state index in [2.05, 4.69) is 37.2 Å². The van der Waals surface area contributed by atoms with Gasteiger partial charge < -0.3 is 24.8 Å². The molecule has 1 aliphatic rings. The summed E-state index contributed by atoms with van der Waals surface area (Å²) in [5, 5.41) is 9.43. The second kappa shape index (κ2) is 11.5. The molecule has 1 fully saturated rings. The molecule has 10 nitrogen and oxygen atoms in total. The largest absolute Gasteiger partial charge is 0.383 e. The maximum atomic E-state index is 15.1. The van der Waals surface area contributed by atoms with E-state index in [1.807, 2.05) is 4.90 Å². The molecular formula is C27H27F2N7O3. The second-order valence-corrected chi connectivity index (χ2v) is 8.92. The number of halogens is 2. The molecular weight excluding hydrogens is 508 g/mol. The van der Waals surface area contributed by atoms with Gasteiger partial charge in [-0.15, -0.1) is 0 Å². The van der Waals surface area contributed by atoms with Crippen LogP contribution in [0.5, 0.6) is 0 Å². The minimum atomic E-state index is -1.02. The first-order valence-electron chi connectivity index (χ1n) is 12.3. The Morgan fingerprint density at radius 1 is 1.18 bits per heavy atom. The fourth-order valence-corrected chi connectivity index (χ4v) is 4.36. The minimum absolute atomic E-state index is 0.0425. The Kier molecular flexibility index (Phi) is 7.75. The van der Waals surface area contributed by atoms with Gasteiger partial charge in [0.15, 0.2) is 22.9 Å². The zero-order chi connectivity index (χ0) is 27.4. The van der Waals surface area contributed by atoms with Gasteiger partial charge in [-0.1, -0.05) is 23.9 Å². The summed E-state index contributed by atoms with van der Waals surface area (Å²) in [6.45, 7) is 7.53. The van der Waals surface area contributed by atoms with E-state index in [0.717, 1.165) is 19.6 Å². The van der Waals surface area contributed by atoms with Gasteiger partial charge in [0.25, 0.3) is 0 Å². The monoisotopic (exact) mass is 535 g/mol. The van der Waals surface area contributed by atoms with E-state index in [-0.39, 0.29) is 23.2 Å². The Bertz CT molecular complexity index is 1500. The summed E-state index contributed by atoms with van der Waals surface area (Å²) in [6, 6.07) is 9.94. The summed E-state index contributed by atoms with van der Waals surface area (Å²) in [5.74, 6) is -1.93. The van der Waals surface area contributed by atoms with Crippen LogP contribution in [0.1, 0.15) is 0 Å². The number of hydrogen-bond acceptors (Lipinski definition) is 9. The number of piperazine rings is 1. The van der Waals surface area contributed by atoms with Gasteiger partial charge in [0.2, 0.25) is 11.9 Å². The number of rotatable bonds is 9. The molecule has 1 saturated heterocycles. The highest BCUT2D eigenvalue weighted by atomic mass is 19.2. The second-order valence-electron chi connectivity index (χ2n) is 8.92. The van der Waals surface area contributed by atoms with Gasteiger partial charge in [0, 0.05) is 51.1 Å². The zero-order valence-corrected chi connectivity index (χ0v) is 21.3. The summed E-state index contributed by atoms with van der Waals surface area (Å²) in [4.78, 5) is 24.3. The lowest BCUT2D eigenvalue weighted by Crippen LogP contribution is -2.47. The lowest BCUT2D eigenvalue weighted by molar-refractivity contribution is -0.111. The highest BCUT2D eigenvalue weighted by Gasteiger charge is 2.23. The Labute approximate surface area is 223 Å². The van der Waals surface area contributed by atoms with Crippen LogP contribution in [0.3, 0.4) is 0 Å². The lowest BCUT2D eigenvalue weighted by Gasteiger charge is -2.36. The van der Waals surface area contributed by atoms with Gasteiger partial charge in [0.1, 0.15) is 5.52 Å². The summed E-state index contributed by atoms with van der Waals surface area (Å²) in [6.07, 6.45) is 2.59. The lowest BCUT2D eigenvalue weighted by atomic mass is 10.1. The van der Waals surface area contributed by atoms with E-state index in [1.165, 1.54) is 18.3 Å². The molecule has 0 radical (unpaired) electrons. The smallest absolute Gasteiger partial charge is 0.247 e. The van der Waals surface area contributed by atoms with E-state index in [0.29, 0.717) is 47.7 Å². The topological polar surface area (TPSA) is 109 Å². The van der Waals surface area contributed by atoms with Gasteiger partial charge in [-0.05, 0) is 30.3 Å². The van der Waals surface area contributed by atoms with Crippen molar-refractivity contribution in [3.63, 3.8) is 0 Å². The van der Waals surface area contributed by atoms with Crippen LogP contribution in [0, 0.1) is 11.6 Å². The van der Waals surface area contributed by atoms with Crippen molar-refractivity contribution in [1.82, 2.24) is 20.0 Å². The van der Waals surface area contributed by atoms with Crippen molar-refractivity contribution in [2.75, 3.05) is 62.0 Å². The fourth-order valence-electron chi connectivity index (χ4n) is 4.36. The average molecular weight is 536 g/mol. The third-order valence-electron chi connectivity index (χ3n) is 6.43. The zero-order valence-electron chi connectivity index (χ0n) is 21.3. The summed E-state index contributed by atoms with van der Waals surface area (Å²) in [7, 11) is 1.66. The number of anilines is 4. The van der Waals surface area contributed by atoms with Gasteiger partial charge in [0.05, 0.1) is 24.2 Å². The highest BCUT2D eigenvalue weighted by molar-refractivity contribution is 5.99. The van der Waals surface area contributed by atoms with Crippen LogP contribution in [0.4, 0.5) is 31.8 Å². The molecule has 2 aromatic carbocycles. The van der Waals surface area contributed by atoms with Crippen LogP contribution in [-0.4, -0.2) is 72.4 Å². The molecule has 2 aromatic heterocycles. The molecule has 1 amide bonds. The number of nitrogens with zero attached hydrogens (tertiary/aromatic N) is 5. The van der Waals surface area contributed by atoms with E-state index < -0.39 is 11.6 Å². The van der Waals surface area contributed by atoms with Gasteiger partial charge in [-0.3, -0.25) is 9.69 Å². The van der Waals surface area contributed by atoms with E-state index in [4.69, 9.17) is 9.26 Å². The van der Waals surface area contributed by atoms with E-state index in [1.54, 1.807) is 37.4 Å². The number of amides is 1.